The van der Waals surface area contributed by atoms with Gasteiger partial charge < -0.3 is 4.90 Å². The molecule has 0 aliphatic carbocycles. The summed E-state index contributed by atoms with van der Waals surface area (Å²) in [7, 11) is 0. The fourth-order valence-corrected chi connectivity index (χ4v) is 6.27. The Kier molecular flexibility index (Phi) is 5.16. The number of hydrogen-bond acceptors (Lipinski definition) is 7. The van der Waals surface area contributed by atoms with Crippen molar-refractivity contribution in [1.82, 2.24) is 9.38 Å². The van der Waals surface area contributed by atoms with Crippen molar-refractivity contribution in [3.8, 4) is 6.07 Å². The Bertz CT molecular complexity index is 1570. The lowest BCUT2D eigenvalue weighted by atomic mass is 10.1. The van der Waals surface area contributed by atoms with Gasteiger partial charge in [-0.05, 0) is 45.0 Å². The van der Waals surface area contributed by atoms with Crippen molar-refractivity contribution < 1.29 is 9.59 Å². The smallest absolute Gasteiger partial charge is 0.218 e. The van der Waals surface area contributed by atoms with E-state index in [0.717, 1.165) is 22.4 Å². The van der Waals surface area contributed by atoms with Crippen molar-refractivity contribution in [2.24, 2.45) is 0 Å². The van der Waals surface area contributed by atoms with Crippen LogP contribution < -0.4 is 4.90 Å². The molecule has 2 aromatic carbocycles. The first kappa shape index (κ1) is 21.2. The van der Waals surface area contributed by atoms with E-state index in [2.05, 4.69) is 11.1 Å². The summed E-state index contributed by atoms with van der Waals surface area (Å²) >= 11 is 2.45. The van der Waals surface area contributed by atoms with Gasteiger partial charge in [-0.25, -0.2) is 4.98 Å². The number of aromatic nitrogens is 2. The normalized spacial score (nSPS) is 15.4. The standard InChI is InChI=1S/C25H18N4O2S2/c1-14-22(16(3)30)32-24(28(14)17-9-5-4-6-10-17)18(13-26)21(31)23-15(2)29-20-12-8-7-11-19(20)27-25(29)33-23/h4-12H,1-3H3. The summed E-state index contributed by atoms with van der Waals surface area (Å²) in [5, 5.41) is 10.5. The number of para-hydroxylation sites is 3. The molecule has 162 valence electrons. The number of allylic oxidation sites excluding steroid dienone is 3. The van der Waals surface area contributed by atoms with E-state index < -0.39 is 0 Å². The number of ketones is 2. The number of thioether (sulfide) groups is 1. The molecule has 0 unspecified atom stereocenters. The van der Waals surface area contributed by atoms with Crippen LogP contribution in [0.2, 0.25) is 0 Å². The molecule has 4 aromatic rings. The zero-order valence-electron chi connectivity index (χ0n) is 18.1. The van der Waals surface area contributed by atoms with E-state index in [1.54, 1.807) is 0 Å². The highest BCUT2D eigenvalue weighted by molar-refractivity contribution is 8.08. The van der Waals surface area contributed by atoms with Crippen molar-refractivity contribution in [2.45, 2.75) is 20.8 Å². The highest BCUT2D eigenvalue weighted by atomic mass is 32.2. The molecular weight excluding hydrogens is 452 g/mol. The minimum absolute atomic E-state index is 0.0105. The molecule has 0 saturated heterocycles. The van der Waals surface area contributed by atoms with E-state index in [-0.39, 0.29) is 17.1 Å². The summed E-state index contributed by atoms with van der Waals surface area (Å²) in [5.74, 6) is -0.467. The Morgan fingerprint density at radius 2 is 1.73 bits per heavy atom. The molecule has 0 N–H and O–H groups in total. The quantitative estimate of drug-likeness (QED) is 0.212. The van der Waals surface area contributed by atoms with Crippen LogP contribution in [0.1, 0.15) is 29.2 Å². The molecule has 0 fully saturated rings. The molecule has 1 aliphatic rings. The third-order valence-corrected chi connectivity index (χ3v) is 8.05. The molecule has 0 bridgehead atoms. The third kappa shape index (κ3) is 3.28. The lowest BCUT2D eigenvalue weighted by Crippen LogP contribution is -2.19. The average Bonchev–Trinajstić information content (AvgIpc) is 3.45. The lowest BCUT2D eigenvalue weighted by molar-refractivity contribution is -0.113. The number of fused-ring (bicyclic) bond motifs is 3. The fourth-order valence-electron chi connectivity index (χ4n) is 4.03. The second-order valence-corrected chi connectivity index (χ2v) is 9.58. The zero-order chi connectivity index (χ0) is 23.3. The van der Waals surface area contributed by atoms with Crippen LogP contribution in [0.15, 0.2) is 75.8 Å². The topological polar surface area (TPSA) is 78.5 Å². The number of anilines is 1. The van der Waals surface area contributed by atoms with Crippen LogP contribution in [0.5, 0.6) is 0 Å². The molecule has 0 amide bonds. The van der Waals surface area contributed by atoms with Crippen LogP contribution in [-0.2, 0) is 4.79 Å². The van der Waals surface area contributed by atoms with Crippen molar-refractivity contribution in [3.05, 3.63) is 86.4 Å². The molecule has 0 atom stereocenters. The minimum atomic E-state index is -0.365. The van der Waals surface area contributed by atoms with E-state index in [1.165, 1.54) is 30.0 Å². The summed E-state index contributed by atoms with van der Waals surface area (Å²) in [6.45, 7) is 5.20. The highest BCUT2D eigenvalue weighted by Crippen LogP contribution is 2.46. The first-order chi connectivity index (χ1) is 15.9. The maximum atomic E-state index is 13.7. The van der Waals surface area contributed by atoms with Crippen LogP contribution >= 0.6 is 23.1 Å². The Hall–Kier alpha value is -3.67. The largest absolute Gasteiger partial charge is 0.306 e. The van der Waals surface area contributed by atoms with Gasteiger partial charge in [-0.1, -0.05) is 53.4 Å². The van der Waals surface area contributed by atoms with E-state index >= 15 is 0 Å². The van der Waals surface area contributed by atoms with Gasteiger partial charge in [-0.3, -0.25) is 14.0 Å². The van der Waals surface area contributed by atoms with Gasteiger partial charge in [0, 0.05) is 17.1 Å². The number of rotatable bonds is 4. The van der Waals surface area contributed by atoms with E-state index in [1.807, 2.05) is 77.7 Å². The van der Waals surface area contributed by atoms with Gasteiger partial charge in [0.2, 0.25) is 5.78 Å². The first-order valence-corrected chi connectivity index (χ1v) is 11.9. The molecule has 3 heterocycles. The number of carbonyl (C=O) groups is 2. The van der Waals surface area contributed by atoms with E-state index in [0.29, 0.717) is 25.5 Å². The first-order valence-electron chi connectivity index (χ1n) is 10.2. The van der Waals surface area contributed by atoms with Crippen LogP contribution in [0.3, 0.4) is 0 Å². The molecule has 2 aromatic heterocycles. The van der Waals surface area contributed by atoms with Crippen molar-refractivity contribution in [1.29, 1.82) is 5.26 Å². The molecule has 1 aliphatic heterocycles. The number of thiazole rings is 1. The third-order valence-electron chi connectivity index (χ3n) is 5.55. The number of Topliss-reactive ketones (excluding diaryl/α,β-unsaturated/α-hetero) is 2. The van der Waals surface area contributed by atoms with Crippen LogP contribution in [0.4, 0.5) is 5.69 Å². The summed E-state index contributed by atoms with van der Waals surface area (Å²) in [6, 6.07) is 19.3. The molecular formula is C25H18N4O2S2. The monoisotopic (exact) mass is 470 g/mol. The van der Waals surface area contributed by atoms with Crippen molar-refractivity contribution in [2.75, 3.05) is 4.90 Å². The van der Waals surface area contributed by atoms with Gasteiger partial charge in [0.15, 0.2) is 10.7 Å². The number of nitrogens with zero attached hydrogens (tertiary/aromatic N) is 4. The van der Waals surface area contributed by atoms with Crippen LogP contribution in [-0.4, -0.2) is 21.0 Å². The maximum Gasteiger partial charge on any atom is 0.218 e. The number of aryl methyl sites for hydroxylation is 1. The Morgan fingerprint density at radius 1 is 1.03 bits per heavy atom. The Balaban J connectivity index is 1.68. The number of benzene rings is 2. The van der Waals surface area contributed by atoms with Crippen molar-refractivity contribution in [3.63, 3.8) is 0 Å². The number of hydrogen-bond donors (Lipinski definition) is 0. The zero-order valence-corrected chi connectivity index (χ0v) is 19.8. The maximum absolute atomic E-state index is 13.7. The number of nitriles is 1. The highest BCUT2D eigenvalue weighted by Gasteiger charge is 2.34. The van der Waals surface area contributed by atoms with Crippen molar-refractivity contribution >= 4 is 56.3 Å². The summed E-state index contributed by atoms with van der Waals surface area (Å²) in [4.78, 5) is 34.1. The molecule has 0 saturated carbocycles. The van der Waals surface area contributed by atoms with Crippen LogP contribution in [0, 0.1) is 18.3 Å². The molecule has 33 heavy (non-hydrogen) atoms. The summed E-state index contributed by atoms with van der Waals surface area (Å²) in [6.07, 6.45) is 0. The van der Waals surface area contributed by atoms with Gasteiger partial charge in [0.25, 0.3) is 0 Å². The van der Waals surface area contributed by atoms with Gasteiger partial charge in [0.05, 0.1) is 20.8 Å². The minimum Gasteiger partial charge on any atom is -0.306 e. The predicted octanol–water partition coefficient (Wildman–Crippen LogP) is 5.85. The molecule has 6 nitrogen and oxygen atoms in total. The predicted molar refractivity (Wildman–Crippen MR) is 132 cm³/mol. The molecule has 0 radical (unpaired) electrons. The molecule has 8 heteroatoms. The number of imidazole rings is 1. The molecule has 0 spiro atoms. The van der Waals surface area contributed by atoms with Gasteiger partial charge >= 0.3 is 0 Å². The van der Waals surface area contributed by atoms with Gasteiger partial charge in [0.1, 0.15) is 16.7 Å². The Morgan fingerprint density at radius 3 is 2.42 bits per heavy atom. The number of carbonyl (C=O) groups excluding carboxylic acids is 2. The van der Waals surface area contributed by atoms with E-state index in [9.17, 15) is 14.9 Å². The van der Waals surface area contributed by atoms with Gasteiger partial charge in [-0.15, -0.1) is 0 Å². The Labute approximate surface area is 198 Å². The van der Waals surface area contributed by atoms with E-state index in [4.69, 9.17) is 0 Å². The second kappa shape index (κ2) is 8.03. The van der Waals surface area contributed by atoms with Crippen LogP contribution in [0.25, 0.3) is 16.0 Å². The second-order valence-electron chi connectivity index (χ2n) is 7.60. The summed E-state index contributed by atoms with van der Waals surface area (Å²) < 4.78 is 1.95. The van der Waals surface area contributed by atoms with Gasteiger partial charge in [-0.2, -0.15) is 5.26 Å². The lowest BCUT2D eigenvalue weighted by Gasteiger charge is -2.22. The molecule has 5 rings (SSSR count). The summed E-state index contributed by atoms with van der Waals surface area (Å²) in [5.41, 5.74) is 4.03. The average molecular weight is 471 g/mol. The SMILES string of the molecule is CC(=O)C1=C(C)N(c2ccccc2)C(=C(C#N)C(=O)c2sc3nc4ccccc4n3c2C)S1. The fraction of sp³-hybridized carbons (Fsp3) is 0.120.